The number of hydrogen-bond donors (Lipinski definition) is 0. The zero-order valence-electron chi connectivity index (χ0n) is 8.26. The van der Waals surface area contributed by atoms with Crippen molar-refractivity contribution in [1.82, 2.24) is 0 Å². The quantitative estimate of drug-likeness (QED) is 0.369. The summed E-state index contributed by atoms with van der Waals surface area (Å²) in [4.78, 5) is 30.4. The van der Waals surface area contributed by atoms with Crippen molar-refractivity contribution in [2.45, 2.75) is 26.4 Å². The molecule has 0 heterocycles. The van der Waals surface area contributed by atoms with E-state index in [1.54, 1.807) is 6.92 Å². The van der Waals surface area contributed by atoms with Crippen LogP contribution in [0.15, 0.2) is 14.0 Å². The lowest BCUT2D eigenvalue weighted by Gasteiger charge is -2.16. The van der Waals surface area contributed by atoms with Crippen LogP contribution in [0.1, 0.15) is 20.3 Å². The minimum Gasteiger partial charge on any atom is -0.360 e. The molecule has 8 heteroatoms. The zero-order chi connectivity index (χ0) is 11.7. The molecule has 0 aliphatic heterocycles. The average Bonchev–Trinajstić information content (AvgIpc) is 2.18. The van der Waals surface area contributed by atoms with Gasteiger partial charge in [-0.2, -0.15) is 14.0 Å². The summed E-state index contributed by atoms with van der Waals surface area (Å²) in [6.07, 6.45) is 3.77. The van der Waals surface area contributed by atoms with E-state index in [0.717, 1.165) is 0 Å². The molecule has 0 fully saturated rings. The Morgan fingerprint density at radius 3 is 1.80 bits per heavy atom. The number of carbonyl (C=O) groups excluding carboxylic acids is 3. The van der Waals surface area contributed by atoms with E-state index in [0.29, 0.717) is 6.42 Å². The zero-order valence-corrected chi connectivity index (χ0v) is 9.26. The average molecular weight is 227 g/mol. The molecule has 1 unspecified atom stereocenters. The molecule has 0 rings (SSSR count). The largest absolute Gasteiger partial charge is 0.634 e. The van der Waals surface area contributed by atoms with Gasteiger partial charge in [0.1, 0.15) is 0 Å². The van der Waals surface area contributed by atoms with Crippen LogP contribution in [0.25, 0.3) is 0 Å². The smallest absolute Gasteiger partial charge is 0.360 e. The second-order valence-corrected chi connectivity index (χ2v) is 4.57. The van der Waals surface area contributed by atoms with Gasteiger partial charge in [0.25, 0.3) is 0 Å². The Hall–Kier alpha value is -1.68. The third-order valence-corrected chi connectivity index (χ3v) is 3.37. The molecule has 0 aromatic heterocycles. The van der Waals surface area contributed by atoms with Crippen molar-refractivity contribution in [1.29, 1.82) is 0 Å². The predicted molar refractivity (Wildman–Crippen MR) is 51.0 cm³/mol. The molecule has 0 aliphatic rings. The topological polar surface area (TPSA) is 97.5 Å². The van der Waals surface area contributed by atoms with Crippen molar-refractivity contribution in [2.24, 2.45) is 14.0 Å². The maximum absolute atomic E-state index is 10.1. The first-order chi connectivity index (χ1) is 7.14. The molecule has 7 nitrogen and oxygen atoms in total. The summed E-state index contributed by atoms with van der Waals surface area (Å²) in [6.45, 7) is 3.48. The molecule has 0 amide bonds. The Bertz CT molecular complexity index is 308. The number of nitrogens with zero attached hydrogens (tertiary/aromatic N) is 3. The van der Waals surface area contributed by atoms with Crippen molar-refractivity contribution in [3.8, 4) is 0 Å². The maximum atomic E-state index is 10.1. The van der Waals surface area contributed by atoms with E-state index >= 15 is 0 Å². The van der Waals surface area contributed by atoms with Crippen molar-refractivity contribution in [3.63, 3.8) is 0 Å². The molecule has 0 radical (unpaired) electrons. The van der Waals surface area contributed by atoms with E-state index in [-0.39, 0.29) is 6.10 Å². The van der Waals surface area contributed by atoms with E-state index in [2.05, 4.69) is 14.0 Å². The lowest BCUT2D eigenvalue weighted by atomic mass is 10.3. The van der Waals surface area contributed by atoms with Crippen molar-refractivity contribution < 1.29 is 18.8 Å². The minimum atomic E-state index is -3.78. The molecule has 0 aromatic carbocycles. The van der Waals surface area contributed by atoms with Gasteiger partial charge in [0.05, 0.1) is 0 Å². The fourth-order valence-electron chi connectivity index (χ4n) is 0.686. The number of isocyanates is 3. The Labute approximate surface area is 87.0 Å². The van der Waals surface area contributed by atoms with Crippen molar-refractivity contribution in [2.75, 3.05) is 0 Å². The van der Waals surface area contributed by atoms with Crippen LogP contribution in [0.2, 0.25) is 0 Å². The summed E-state index contributed by atoms with van der Waals surface area (Å²) in [6, 6.07) is 0. The molecule has 0 spiro atoms. The van der Waals surface area contributed by atoms with Crippen LogP contribution < -0.4 is 0 Å². The number of rotatable bonds is 6. The summed E-state index contributed by atoms with van der Waals surface area (Å²) in [7, 11) is -3.78. The predicted octanol–water partition coefficient (Wildman–Crippen LogP) is 0.244. The highest BCUT2D eigenvalue weighted by molar-refractivity contribution is 6.70. The highest BCUT2D eigenvalue weighted by Crippen LogP contribution is 2.13. The first kappa shape index (κ1) is 13.3. The maximum Gasteiger partial charge on any atom is 0.634 e. The summed E-state index contributed by atoms with van der Waals surface area (Å²) < 4.78 is 14.7. The van der Waals surface area contributed by atoms with Crippen LogP contribution in [0.5, 0.6) is 0 Å². The Morgan fingerprint density at radius 1 is 1.13 bits per heavy atom. The summed E-state index contributed by atoms with van der Waals surface area (Å²) in [5.41, 5.74) is 0. The SMILES string of the molecule is CCC(C)O[Si](N=C=O)(N=C=O)N=C=O. The van der Waals surface area contributed by atoms with Crippen LogP contribution in [0.3, 0.4) is 0 Å². The lowest BCUT2D eigenvalue weighted by Crippen LogP contribution is -2.36. The second-order valence-electron chi connectivity index (χ2n) is 2.52. The van der Waals surface area contributed by atoms with E-state index in [9.17, 15) is 14.4 Å². The Morgan fingerprint density at radius 2 is 1.53 bits per heavy atom. The molecule has 0 aromatic rings. The molecular formula is C7H9N3O4Si. The Kier molecular flexibility index (Phi) is 5.97. The second kappa shape index (κ2) is 6.72. The van der Waals surface area contributed by atoms with Gasteiger partial charge in [-0.1, -0.05) is 6.92 Å². The molecule has 1 atom stereocenters. The molecule has 0 bridgehead atoms. The fourth-order valence-corrected chi connectivity index (χ4v) is 2.06. The third kappa shape index (κ3) is 4.37. The van der Waals surface area contributed by atoms with Crippen LogP contribution in [0, 0.1) is 0 Å². The molecule has 0 saturated carbocycles. The first-order valence-electron chi connectivity index (χ1n) is 4.09. The van der Waals surface area contributed by atoms with Crippen molar-refractivity contribution in [3.05, 3.63) is 0 Å². The fraction of sp³-hybridized carbons (Fsp3) is 0.571. The minimum absolute atomic E-state index is 0.344. The first-order valence-corrected chi connectivity index (χ1v) is 5.84. The molecule has 0 N–H and O–H groups in total. The van der Waals surface area contributed by atoms with E-state index in [4.69, 9.17) is 4.43 Å². The van der Waals surface area contributed by atoms with Gasteiger partial charge in [0.2, 0.25) is 18.2 Å². The van der Waals surface area contributed by atoms with Gasteiger partial charge in [0, 0.05) is 6.10 Å². The van der Waals surface area contributed by atoms with Gasteiger partial charge < -0.3 is 4.43 Å². The van der Waals surface area contributed by atoms with Gasteiger partial charge in [-0.3, -0.25) is 0 Å². The third-order valence-electron chi connectivity index (χ3n) is 1.51. The van der Waals surface area contributed by atoms with Gasteiger partial charge in [-0.05, 0) is 13.3 Å². The number of hydrogen-bond acceptors (Lipinski definition) is 7. The Balaban J connectivity index is 5.20. The van der Waals surface area contributed by atoms with Gasteiger partial charge in [-0.15, -0.1) is 0 Å². The highest BCUT2D eigenvalue weighted by Gasteiger charge is 2.41. The summed E-state index contributed by atoms with van der Waals surface area (Å²) >= 11 is 0. The van der Waals surface area contributed by atoms with E-state index in [1.165, 1.54) is 18.2 Å². The molecular weight excluding hydrogens is 218 g/mol. The van der Waals surface area contributed by atoms with Gasteiger partial charge in [-0.25, -0.2) is 14.4 Å². The van der Waals surface area contributed by atoms with Crippen molar-refractivity contribution >= 4 is 27.0 Å². The summed E-state index contributed by atoms with van der Waals surface area (Å²) in [5, 5.41) is 0. The van der Waals surface area contributed by atoms with Crippen LogP contribution in [-0.4, -0.2) is 33.1 Å². The monoisotopic (exact) mass is 227 g/mol. The lowest BCUT2D eigenvalue weighted by molar-refractivity contribution is 0.202. The van der Waals surface area contributed by atoms with Crippen LogP contribution in [-0.2, 0) is 18.8 Å². The molecule has 15 heavy (non-hydrogen) atoms. The molecule has 0 aliphatic carbocycles. The van der Waals surface area contributed by atoms with Gasteiger partial charge >= 0.3 is 8.80 Å². The standard InChI is InChI=1S/C7H9N3O4Si/c1-3-7(2)14-15(8-4-11,9-5-12)10-6-13/h7H,3H2,1-2H3. The van der Waals surface area contributed by atoms with Crippen LogP contribution >= 0.6 is 0 Å². The van der Waals surface area contributed by atoms with Gasteiger partial charge in [0.15, 0.2) is 0 Å². The van der Waals surface area contributed by atoms with Crippen LogP contribution in [0.4, 0.5) is 0 Å². The van der Waals surface area contributed by atoms with E-state index in [1.807, 2.05) is 6.92 Å². The molecule has 0 saturated heterocycles. The highest BCUT2D eigenvalue weighted by atomic mass is 28.4. The van der Waals surface area contributed by atoms with E-state index < -0.39 is 8.80 Å². The molecule has 80 valence electrons. The summed E-state index contributed by atoms with van der Waals surface area (Å²) in [5.74, 6) is 0. The normalized spacial score (nSPS) is 14.8.